The van der Waals surface area contributed by atoms with Gasteiger partial charge in [0.2, 0.25) is 0 Å². The second kappa shape index (κ2) is 7.00. The van der Waals surface area contributed by atoms with Gasteiger partial charge in [-0.2, -0.15) is 10.2 Å². The maximum absolute atomic E-state index is 12.2. The van der Waals surface area contributed by atoms with E-state index < -0.39 is 12.0 Å². The Bertz CT molecular complexity index is 885. The molecule has 0 saturated carbocycles. The van der Waals surface area contributed by atoms with E-state index in [2.05, 4.69) is 15.5 Å². The Labute approximate surface area is 143 Å². The fourth-order valence-electron chi connectivity index (χ4n) is 2.27. The second-order valence-corrected chi connectivity index (χ2v) is 5.59. The molecule has 0 bridgehead atoms. The largest absolute Gasteiger partial charge is 0.480 e. The monoisotopic (exact) mass is 339 g/mol. The molecule has 2 aromatic heterocycles. The van der Waals surface area contributed by atoms with Crippen molar-refractivity contribution in [3.05, 3.63) is 66.2 Å². The predicted molar refractivity (Wildman–Crippen MR) is 90.3 cm³/mol. The summed E-state index contributed by atoms with van der Waals surface area (Å²) >= 11 is 0. The minimum atomic E-state index is -1.02. The maximum Gasteiger partial charge on any atom is 0.328 e. The number of amides is 1. The summed E-state index contributed by atoms with van der Waals surface area (Å²) in [6.45, 7) is 2.09. The highest BCUT2D eigenvalue weighted by atomic mass is 16.4. The van der Waals surface area contributed by atoms with E-state index in [4.69, 9.17) is 5.11 Å². The van der Waals surface area contributed by atoms with Crippen LogP contribution in [0, 0.1) is 0 Å². The van der Waals surface area contributed by atoms with Crippen molar-refractivity contribution < 1.29 is 14.7 Å². The van der Waals surface area contributed by atoms with Crippen molar-refractivity contribution in [1.29, 1.82) is 0 Å². The smallest absolute Gasteiger partial charge is 0.328 e. The molecule has 2 heterocycles. The molecule has 8 nitrogen and oxygen atoms in total. The number of anilines is 1. The first-order valence-electron chi connectivity index (χ1n) is 7.67. The number of carbonyl (C=O) groups excluding carboxylic acids is 1. The average Bonchev–Trinajstić information content (AvgIpc) is 3.24. The SMILES string of the molecule is CC(C(=O)O)n1cc(C(=O)Nc2cnn(Cc3ccccc3)c2)cn1. The van der Waals surface area contributed by atoms with Gasteiger partial charge in [-0.15, -0.1) is 0 Å². The lowest BCUT2D eigenvalue weighted by Gasteiger charge is -2.05. The topological polar surface area (TPSA) is 102 Å². The number of aromatic nitrogens is 4. The molecule has 1 aromatic carbocycles. The van der Waals surface area contributed by atoms with Gasteiger partial charge in [-0.3, -0.25) is 14.2 Å². The molecule has 0 saturated heterocycles. The Balaban J connectivity index is 1.65. The minimum Gasteiger partial charge on any atom is -0.480 e. The Morgan fingerprint density at radius 2 is 1.92 bits per heavy atom. The van der Waals surface area contributed by atoms with Crippen molar-refractivity contribution in [1.82, 2.24) is 19.6 Å². The van der Waals surface area contributed by atoms with Gasteiger partial charge in [0.1, 0.15) is 6.04 Å². The summed E-state index contributed by atoms with van der Waals surface area (Å²) in [4.78, 5) is 23.2. The molecule has 3 rings (SSSR count). The quantitative estimate of drug-likeness (QED) is 0.715. The number of nitrogens with one attached hydrogen (secondary N) is 1. The van der Waals surface area contributed by atoms with Gasteiger partial charge < -0.3 is 10.4 Å². The van der Waals surface area contributed by atoms with Crippen molar-refractivity contribution in [2.45, 2.75) is 19.5 Å². The third-order valence-corrected chi connectivity index (χ3v) is 3.70. The molecule has 0 spiro atoms. The summed E-state index contributed by atoms with van der Waals surface area (Å²) in [7, 11) is 0. The fraction of sp³-hybridized carbons (Fsp3) is 0.176. The van der Waals surface area contributed by atoms with Crippen molar-refractivity contribution in [2.24, 2.45) is 0 Å². The van der Waals surface area contributed by atoms with Crippen LogP contribution in [0.4, 0.5) is 5.69 Å². The number of carboxylic acid groups (broad SMARTS) is 1. The van der Waals surface area contributed by atoms with Crippen LogP contribution >= 0.6 is 0 Å². The molecule has 0 radical (unpaired) electrons. The Kier molecular flexibility index (Phi) is 4.60. The Morgan fingerprint density at radius 1 is 1.16 bits per heavy atom. The summed E-state index contributed by atoms with van der Waals surface area (Å²) in [5.74, 6) is -1.39. The summed E-state index contributed by atoms with van der Waals surface area (Å²) in [6.07, 6.45) is 6.03. The number of rotatable bonds is 6. The Hall–Kier alpha value is -3.42. The molecule has 0 aliphatic carbocycles. The van der Waals surface area contributed by atoms with Crippen LogP contribution in [0.25, 0.3) is 0 Å². The number of carbonyl (C=O) groups is 2. The molecule has 1 unspecified atom stereocenters. The van der Waals surface area contributed by atoms with Crippen LogP contribution in [-0.4, -0.2) is 36.5 Å². The zero-order chi connectivity index (χ0) is 17.8. The van der Waals surface area contributed by atoms with E-state index in [1.807, 2.05) is 30.3 Å². The van der Waals surface area contributed by atoms with E-state index in [1.165, 1.54) is 24.0 Å². The zero-order valence-corrected chi connectivity index (χ0v) is 13.5. The van der Waals surface area contributed by atoms with Crippen molar-refractivity contribution in [3.63, 3.8) is 0 Å². The van der Waals surface area contributed by atoms with Crippen molar-refractivity contribution in [2.75, 3.05) is 5.32 Å². The number of aliphatic carboxylic acids is 1. The average molecular weight is 339 g/mol. The molecular weight excluding hydrogens is 322 g/mol. The molecule has 0 fully saturated rings. The van der Waals surface area contributed by atoms with Crippen LogP contribution in [0.15, 0.2) is 55.1 Å². The standard InChI is InChI=1S/C17H17N5O3/c1-12(17(24)25)22-10-14(7-19-22)16(23)20-15-8-18-21(11-15)9-13-5-3-2-4-6-13/h2-8,10-12H,9H2,1H3,(H,20,23)(H,24,25). The molecule has 1 amide bonds. The first-order chi connectivity index (χ1) is 12.0. The van der Waals surface area contributed by atoms with E-state index in [0.717, 1.165) is 5.56 Å². The number of nitrogens with zero attached hydrogens (tertiary/aromatic N) is 4. The first kappa shape index (κ1) is 16.4. The van der Waals surface area contributed by atoms with Gasteiger partial charge in [0.15, 0.2) is 0 Å². The van der Waals surface area contributed by atoms with Crippen LogP contribution in [0.5, 0.6) is 0 Å². The highest BCUT2D eigenvalue weighted by Crippen LogP contribution is 2.11. The van der Waals surface area contributed by atoms with Crippen LogP contribution in [0.2, 0.25) is 0 Å². The first-order valence-corrected chi connectivity index (χ1v) is 7.67. The third kappa shape index (κ3) is 3.92. The van der Waals surface area contributed by atoms with Gasteiger partial charge in [-0.05, 0) is 12.5 Å². The van der Waals surface area contributed by atoms with E-state index in [-0.39, 0.29) is 11.5 Å². The van der Waals surface area contributed by atoms with Gasteiger partial charge in [-0.25, -0.2) is 4.79 Å². The fourth-order valence-corrected chi connectivity index (χ4v) is 2.27. The molecular formula is C17H17N5O3. The number of hydrogen-bond acceptors (Lipinski definition) is 4. The number of benzene rings is 1. The van der Waals surface area contributed by atoms with Crippen LogP contribution in [-0.2, 0) is 11.3 Å². The molecule has 3 aromatic rings. The molecule has 2 N–H and O–H groups in total. The summed E-state index contributed by atoms with van der Waals surface area (Å²) in [6, 6.07) is 9.02. The van der Waals surface area contributed by atoms with Gasteiger partial charge in [0, 0.05) is 12.4 Å². The molecule has 128 valence electrons. The van der Waals surface area contributed by atoms with Crippen LogP contribution in [0.1, 0.15) is 28.9 Å². The van der Waals surface area contributed by atoms with Crippen molar-refractivity contribution in [3.8, 4) is 0 Å². The second-order valence-electron chi connectivity index (χ2n) is 5.59. The third-order valence-electron chi connectivity index (χ3n) is 3.70. The Morgan fingerprint density at radius 3 is 2.64 bits per heavy atom. The lowest BCUT2D eigenvalue weighted by Crippen LogP contribution is -2.16. The van der Waals surface area contributed by atoms with E-state index >= 15 is 0 Å². The van der Waals surface area contributed by atoms with Gasteiger partial charge in [0.05, 0.1) is 30.2 Å². The maximum atomic E-state index is 12.2. The van der Waals surface area contributed by atoms with Crippen molar-refractivity contribution >= 4 is 17.6 Å². The van der Waals surface area contributed by atoms with E-state index in [0.29, 0.717) is 12.2 Å². The highest BCUT2D eigenvalue weighted by molar-refractivity contribution is 6.03. The number of carboxylic acids is 1. The zero-order valence-electron chi connectivity index (χ0n) is 13.5. The lowest BCUT2D eigenvalue weighted by molar-refractivity contribution is -0.140. The highest BCUT2D eigenvalue weighted by Gasteiger charge is 2.17. The van der Waals surface area contributed by atoms with E-state index in [9.17, 15) is 9.59 Å². The number of hydrogen-bond donors (Lipinski definition) is 2. The summed E-state index contributed by atoms with van der Waals surface area (Å²) in [5, 5.41) is 19.8. The van der Waals surface area contributed by atoms with Gasteiger partial charge >= 0.3 is 5.97 Å². The molecule has 1 atom stereocenters. The van der Waals surface area contributed by atoms with Gasteiger partial charge in [-0.1, -0.05) is 30.3 Å². The summed E-state index contributed by atoms with van der Waals surface area (Å²) in [5.41, 5.74) is 1.94. The van der Waals surface area contributed by atoms with E-state index in [1.54, 1.807) is 17.1 Å². The molecule has 0 aliphatic rings. The normalized spacial score (nSPS) is 11.9. The predicted octanol–water partition coefficient (Wildman–Crippen LogP) is 2.03. The minimum absolute atomic E-state index is 0.281. The lowest BCUT2D eigenvalue weighted by atomic mass is 10.2. The van der Waals surface area contributed by atoms with Gasteiger partial charge in [0.25, 0.3) is 5.91 Å². The van der Waals surface area contributed by atoms with Crippen LogP contribution in [0.3, 0.4) is 0 Å². The molecule has 25 heavy (non-hydrogen) atoms. The molecule has 0 aliphatic heterocycles. The molecule has 8 heteroatoms. The summed E-state index contributed by atoms with van der Waals surface area (Å²) < 4.78 is 2.96. The van der Waals surface area contributed by atoms with Crippen LogP contribution < -0.4 is 5.32 Å².